The van der Waals surface area contributed by atoms with Crippen LogP contribution in [0.4, 0.5) is 0 Å². The largest absolute Gasteiger partial charge is 0.364 e. The number of nitrogens with zero attached hydrogens (tertiary/aromatic N) is 4. The highest BCUT2D eigenvalue weighted by molar-refractivity contribution is 5.79. The highest BCUT2D eigenvalue weighted by Crippen LogP contribution is 2.11. The summed E-state index contributed by atoms with van der Waals surface area (Å²) in [6, 6.07) is 1.83. The number of hydrogen-bond donors (Lipinski definition) is 1. The number of nitrogens with one attached hydrogen (secondary N) is 1. The van der Waals surface area contributed by atoms with Gasteiger partial charge in [0.05, 0.1) is 12.2 Å². The zero-order valence-electron chi connectivity index (χ0n) is 12.2. The highest BCUT2D eigenvalue weighted by atomic mass is 16.5. The summed E-state index contributed by atoms with van der Waals surface area (Å²) in [7, 11) is 3.69. The molecule has 0 spiro atoms. The van der Waals surface area contributed by atoms with Gasteiger partial charge >= 0.3 is 0 Å². The minimum atomic E-state index is 0.622. The van der Waals surface area contributed by atoms with E-state index in [1.807, 2.05) is 31.9 Å². The number of rotatable bonds is 4. The van der Waals surface area contributed by atoms with Crippen LogP contribution in [0.25, 0.3) is 0 Å². The molecule has 0 atom stereocenters. The van der Waals surface area contributed by atoms with Gasteiger partial charge in [0.15, 0.2) is 5.96 Å². The van der Waals surface area contributed by atoms with Gasteiger partial charge in [0.25, 0.3) is 0 Å². The molecule has 0 bridgehead atoms. The molecule has 0 aliphatic heterocycles. The molecule has 2 heterocycles. The van der Waals surface area contributed by atoms with Crippen molar-refractivity contribution in [1.82, 2.24) is 20.5 Å². The number of aryl methyl sites for hydroxylation is 2. The number of aromatic nitrogens is 2. The average molecular weight is 277 g/mol. The second-order valence-electron chi connectivity index (χ2n) is 4.55. The summed E-state index contributed by atoms with van der Waals surface area (Å²) < 4.78 is 9.96. The van der Waals surface area contributed by atoms with E-state index in [9.17, 15) is 0 Å². The Morgan fingerprint density at radius 1 is 1.40 bits per heavy atom. The Morgan fingerprint density at radius 2 is 2.20 bits per heavy atom. The third-order valence-corrected chi connectivity index (χ3v) is 3.07. The summed E-state index contributed by atoms with van der Waals surface area (Å²) in [6.45, 7) is 5.07. The van der Waals surface area contributed by atoms with Gasteiger partial charge in [0, 0.05) is 32.3 Å². The molecule has 7 nitrogen and oxygen atoms in total. The van der Waals surface area contributed by atoms with Gasteiger partial charge in [-0.05, 0) is 13.8 Å². The number of guanidine groups is 1. The average Bonchev–Trinajstić information content (AvgIpc) is 3.03. The van der Waals surface area contributed by atoms with E-state index in [4.69, 9.17) is 9.05 Å². The number of hydrogen-bond acceptors (Lipinski definition) is 5. The minimum Gasteiger partial charge on any atom is -0.364 e. The van der Waals surface area contributed by atoms with E-state index in [0.29, 0.717) is 13.1 Å². The van der Waals surface area contributed by atoms with Crippen LogP contribution in [0.3, 0.4) is 0 Å². The van der Waals surface area contributed by atoms with Crippen LogP contribution in [0.5, 0.6) is 0 Å². The Kier molecular flexibility index (Phi) is 4.39. The van der Waals surface area contributed by atoms with Crippen molar-refractivity contribution in [2.24, 2.45) is 4.99 Å². The maximum Gasteiger partial charge on any atom is 0.194 e. The van der Waals surface area contributed by atoms with Gasteiger partial charge in [-0.25, -0.2) is 0 Å². The lowest BCUT2D eigenvalue weighted by Gasteiger charge is -2.20. The van der Waals surface area contributed by atoms with Crippen molar-refractivity contribution in [3.63, 3.8) is 0 Å². The van der Waals surface area contributed by atoms with E-state index in [1.54, 1.807) is 13.3 Å². The predicted molar refractivity (Wildman–Crippen MR) is 74.1 cm³/mol. The van der Waals surface area contributed by atoms with E-state index in [-0.39, 0.29) is 0 Å². The molecule has 1 N–H and O–H groups in total. The van der Waals surface area contributed by atoms with Crippen molar-refractivity contribution in [1.29, 1.82) is 0 Å². The first-order chi connectivity index (χ1) is 9.61. The summed E-state index contributed by atoms with van der Waals surface area (Å²) >= 11 is 0. The Balaban J connectivity index is 1.96. The molecule has 0 unspecified atom stereocenters. The molecule has 0 aliphatic carbocycles. The minimum absolute atomic E-state index is 0.622. The van der Waals surface area contributed by atoms with Crippen LogP contribution in [0.15, 0.2) is 26.4 Å². The van der Waals surface area contributed by atoms with Crippen LogP contribution in [0, 0.1) is 13.8 Å². The molecule has 0 aliphatic rings. The van der Waals surface area contributed by atoms with Gasteiger partial charge in [-0.1, -0.05) is 10.3 Å². The Labute approximate surface area is 117 Å². The van der Waals surface area contributed by atoms with Gasteiger partial charge < -0.3 is 19.3 Å². The monoisotopic (exact) mass is 277 g/mol. The normalized spacial score (nSPS) is 11.7. The predicted octanol–water partition coefficient (Wildman–Crippen LogP) is 1.49. The second-order valence-corrected chi connectivity index (χ2v) is 4.55. The third kappa shape index (κ3) is 3.17. The van der Waals surface area contributed by atoms with Gasteiger partial charge in [0.1, 0.15) is 17.7 Å². The van der Waals surface area contributed by atoms with Crippen LogP contribution in [0.1, 0.15) is 22.7 Å². The fourth-order valence-electron chi connectivity index (χ4n) is 1.94. The molecule has 0 radical (unpaired) electrons. The lowest BCUT2D eigenvalue weighted by Crippen LogP contribution is -2.38. The molecule has 20 heavy (non-hydrogen) atoms. The zero-order valence-corrected chi connectivity index (χ0v) is 12.2. The highest BCUT2D eigenvalue weighted by Gasteiger charge is 2.12. The Bertz CT molecular complexity index is 554. The van der Waals surface area contributed by atoms with E-state index in [0.717, 1.165) is 28.7 Å². The topological polar surface area (TPSA) is 79.7 Å². The summed E-state index contributed by atoms with van der Waals surface area (Å²) in [6.07, 6.45) is 1.56. The first-order valence-corrected chi connectivity index (χ1v) is 6.34. The van der Waals surface area contributed by atoms with E-state index < -0.39 is 0 Å². The molecule has 2 aromatic heterocycles. The van der Waals surface area contributed by atoms with E-state index >= 15 is 0 Å². The summed E-state index contributed by atoms with van der Waals surface area (Å²) in [4.78, 5) is 6.22. The third-order valence-electron chi connectivity index (χ3n) is 3.07. The SMILES string of the molecule is CN=C(NCc1c(C)noc1C)N(C)Cc1ccon1. The van der Waals surface area contributed by atoms with Crippen molar-refractivity contribution in [3.8, 4) is 0 Å². The van der Waals surface area contributed by atoms with Crippen LogP contribution in [-0.4, -0.2) is 35.3 Å². The molecule has 0 aromatic carbocycles. The quantitative estimate of drug-likeness (QED) is 0.673. The van der Waals surface area contributed by atoms with Crippen LogP contribution >= 0.6 is 0 Å². The summed E-state index contributed by atoms with van der Waals surface area (Å²) in [5.74, 6) is 1.60. The molecule has 0 fully saturated rings. The molecule has 2 rings (SSSR count). The summed E-state index contributed by atoms with van der Waals surface area (Å²) in [5, 5.41) is 11.1. The molecule has 108 valence electrons. The molecule has 2 aromatic rings. The second kappa shape index (κ2) is 6.23. The van der Waals surface area contributed by atoms with Gasteiger partial charge in [0.2, 0.25) is 0 Å². The van der Waals surface area contributed by atoms with E-state index in [1.165, 1.54) is 0 Å². The smallest absolute Gasteiger partial charge is 0.194 e. The Morgan fingerprint density at radius 3 is 2.75 bits per heavy atom. The summed E-state index contributed by atoms with van der Waals surface area (Å²) in [5.41, 5.74) is 2.80. The molecule has 0 saturated carbocycles. The molecular formula is C13H19N5O2. The van der Waals surface area contributed by atoms with Gasteiger partial charge in [-0.2, -0.15) is 0 Å². The fraction of sp³-hybridized carbons (Fsp3) is 0.462. The van der Waals surface area contributed by atoms with Crippen LogP contribution in [0.2, 0.25) is 0 Å². The first-order valence-electron chi connectivity index (χ1n) is 6.34. The van der Waals surface area contributed by atoms with Crippen molar-refractivity contribution in [3.05, 3.63) is 35.0 Å². The molecule has 0 saturated heterocycles. The lowest BCUT2D eigenvalue weighted by atomic mass is 10.2. The van der Waals surface area contributed by atoms with E-state index in [2.05, 4.69) is 20.6 Å². The van der Waals surface area contributed by atoms with Crippen molar-refractivity contribution >= 4 is 5.96 Å². The molecular weight excluding hydrogens is 258 g/mol. The van der Waals surface area contributed by atoms with Crippen molar-refractivity contribution in [2.75, 3.05) is 14.1 Å². The fourth-order valence-corrected chi connectivity index (χ4v) is 1.94. The van der Waals surface area contributed by atoms with Crippen molar-refractivity contribution in [2.45, 2.75) is 26.9 Å². The maximum absolute atomic E-state index is 5.14. The van der Waals surface area contributed by atoms with Crippen molar-refractivity contribution < 1.29 is 9.05 Å². The lowest BCUT2D eigenvalue weighted by molar-refractivity contribution is 0.389. The Hall–Kier alpha value is -2.31. The van der Waals surface area contributed by atoms with Crippen LogP contribution < -0.4 is 5.32 Å². The molecule has 7 heteroatoms. The number of aliphatic imine (C=N–C) groups is 1. The maximum atomic E-state index is 5.14. The standard InChI is InChI=1S/C13H19N5O2/c1-9-12(10(2)20-16-9)7-15-13(14-3)18(4)8-11-5-6-19-17-11/h5-6H,7-8H2,1-4H3,(H,14,15). The van der Waals surface area contributed by atoms with Crippen LogP contribution in [-0.2, 0) is 13.1 Å². The van der Waals surface area contributed by atoms with Gasteiger partial charge in [-0.3, -0.25) is 4.99 Å². The van der Waals surface area contributed by atoms with Gasteiger partial charge in [-0.15, -0.1) is 0 Å². The zero-order chi connectivity index (χ0) is 14.5. The molecule has 0 amide bonds. The first kappa shape index (κ1) is 14.1.